The maximum atomic E-state index is 9.55. The molecule has 11 heteroatoms. The highest BCUT2D eigenvalue weighted by molar-refractivity contribution is 5.80. The molecule has 0 bridgehead atoms. The van der Waals surface area contributed by atoms with Gasteiger partial charge < -0.3 is 19.5 Å². The van der Waals surface area contributed by atoms with Crippen molar-refractivity contribution in [1.82, 2.24) is 34.2 Å². The Bertz CT molecular complexity index is 1400. The van der Waals surface area contributed by atoms with E-state index in [9.17, 15) is 5.11 Å². The number of aliphatic hydroxyl groups is 1. The minimum absolute atomic E-state index is 0.0306. The molecule has 0 saturated carbocycles. The van der Waals surface area contributed by atoms with Crippen LogP contribution in [0, 0.1) is 13.8 Å². The zero-order chi connectivity index (χ0) is 25.5. The van der Waals surface area contributed by atoms with Crippen molar-refractivity contribution in [3.63, 3.8) is 0 Å². The van der Waals surface area contributed by atoms with Gasteiger partial charge in [-0.2, -0.15) is 15.3 Å². The maximum absolute atomic E-state index is 9.55. The summed E-state index contributed by atoms with van der Waals surface area (Å²) in [5.41, 5.74) is 6.41. The Morgan fingerprint density at radius 3 is 2.81 bits per heavy atom. The molecule has 2 aliphatic heterocycles. The number of rotatable bonds is 6. The second-order valence-electron chi connectivity index (χ2n) is 9.89. The second kappa shape index (κ2) is 9.88. The third-order valence-electron chi connectivity index (χ3n) is 7.44. The van der Waals surface area contributed by atoms with E-state index in [0.717, 1.165) is 77.8 Å². The number of morpholine rings is 1. The number of hydrogen-bond donors (Lipinski definition) is 1. The van der Waals surface area contributed by atoms with Gasteiger partial charge in [-0.15, -0.1) is 0 Å². The van der Waals surface area contributed by atoms with E-state index in [4.69, 9.17) is 24.7 Å². The van der Waals surface area contributed by atoms with Gasteiger partial charge in [-0.25, -0.2) is 14.2 Å². The third-order valence-corrected chi connectivity index (χ3v) is 7.44. The molecule has 4 aromatic heterocycles. The van der Waals surface area contributed by atoms with Crippen LogP contribution < -0.4 is 4.90 Å². The molecule has 2 atom stereocenters. The van der Waals surface area contributed by atoms with Gasteiger partial charge in [0.2, 0.25) is 0 Å². The van der Waals surface area contributed by atoms with Crippen LogP contribution >= 0.6 is 0 Å². The number of hydrogen-bond acceptors (Lipinski definition) is 8. The van der Waals surface area contributed by atoms with Crippen molar-refractivity contribution in [2.45, 2.75) is 58.8 Å². The molecule has 0 radical (unpaired) electrons. The lowest BCUT2D eigenvalue weighted by atomic mass is 10.1. The van der Waals surface area contributed by atoms with Crippen LogP contribution in [0.3, 0.4) is 0 Å². The monoisotopic (exact) mass is 506 g/mol. The Morgan fingerprint density at radius 2 is 2.03 bits per heavy atom. The van der Waals surface area contributed by atoms with E-state index in [1.807, 2.05) is 46.2 Å². The molecule has 1 N–H and O–H groups in total. The SMILES string of the molecule is Cc1nn(CCO)c(C)c1-c1cc(N2CCOC[C@H]2C)nc2c(-c3ccnn3C3CCCCO3)cnn12. The van der Waals surface area contributed by atoms with Crippen molar-refractivity contribution >= 4 is 11.5 Å². The van der Waals surface area contributed by atoms with E-state index in [1.54, 1.807) is 0 Å². The molecule has 4 aromatic rings. The molecule has 2 saturated heterocycles. The molecule has 0 aliphatic carbocycles. The van der Waals surface area contributed by atoms with Crippen LogP contribution in [0.2, 0.25) is 0 Å². The largest absolute Gasteiger partial charge is 0.394 e. The van der Waals surface area contributed by atoms with E-state index in [1.165, 1.54) is 0 Å². The standard InChI is InChI=1S/C26H34N8O3/c1-17-16-36-13-10-31(17)23-14-22(25-18(2)30-32(9-11-35)19(25)3)34-26(29-23)20(15-28-34)21-7-8-27-33(21)24-6-4-5-12-37-24/h7-8,14-15,17,24,35H,4-6,9-13,16H2,1-3H3/t17-,24?/m1/s1. The molecule has 0 spiro atoms. The predicted octanol–water partition coefficient (Wildman–Crippen LogP) is 2.99. The third kappa shape index (κ3) is 4.20. The molecule has 2 aliphatic rings. The summed E-state index contributed by atoms with van der Waals surface area (Å²) in [6.45, 7) is 9.51. The van der Waals surface area contributed by atoms with Crippen LogP contribution in [-0.2, 0) is 16.0 Å². The van der Waals surface area contributed by atoms with Crippen molar-refractivity contribution in [1.29, 1.82) is 0 Å². The molecule has 0 amide bonds. The smallest absolute Gasteiger partial charge is 0.167 e. The molecule has 37 heavy (non-hydrogen) atoms. The highest BCUT2D eigenvalue weighted by Gasteiger charge is 2.27. The van der Waals surface area contributed by atoms with Crippen molar-refractivity contribution in [3.8, 4) is 22.5 Å². The Hall–Kier alpha value is -3.28. The van der Waals surface area contributed by atoms with Crippen LogP contribution in [0.1, 0.15) is 43.8 Å². The van der Waals surface area contributed by atoms with Gasteiger partial charge in [0.05, 0.1) is 61.2 Å². The van der Waals surface area contributed by atoms with Crippen molar-refractivity contribution in [2.24, 2.45) is 0 Å². The van der Waals surface area contributed by atoms with Crippen molar-refractivity contribution in [3.05, 3.63) is 35.9 Å². The fourth-order valence-electron chi connectivity index (χ4n) is 5.58. The Morgan fingerprint density at radius 1 is 1.14 bits per heavy atom. The highest BCUT2D eigenvalue weighted by atomic mass is 16.5. The lowest BCUT2D eigenvalue weighted by molar-refractivity contribution is -0.0383. The lowest BCUT2D eigenvalue weighted by Crippen LogP contribution is -2.44. The Kier molecular flexibility index (Phi) is 6.43. The molecule has 0 aromatic carbocycles. The Balaban J connectivity index is 1.55. The molecule has 11 nitrogen and oxygen atoms in total. The summed E-state index contributed by atoms with van der Waals surface area (Å²) in [6, 6.07) is 4.31. The number of aryl methyl sites for hydroxylation is 1. The first-order chi connectivity index (χ1) is 18.1. The normalized spacial score (nSPS) is 20.7. The first-order valence-corrected chi connectivity index (χ1v) is 13.1. The van der Waals surface area contributed by atoms with E-state index in [2.05, 4.69) is 23.0 Å². The molecular formula is C26H34N8O3. The first kappa shape index (κ1) is 24.1. The number of aliphatic hydroxyl groups excluding tert-OH is 1. The predicted molar refractivity (Wildman–Crippen MR) is 138 cm³/mol. The van der Waals surface area contributed by atoms with Crippen LogP contribution in [0.4, 0.5) is 5.82 Å². The lowest BCUT2D eigenvalue weighted by Gasteiger charge is -2.34. The van der Waals surface area contributed by atoms with Crippen molar-refractivity contribution < 1.29 is 14.6 Å². The quantitative estimate of drug-likeness (QED) is 0.425. The fraction of sp³-hybridized carbons (Fsp3) is 0.538. The van der Waals surface area contributed by atoms with Gasteiger partial charge in [-0.1, -0.05) is 0 Å². The summed E-state index contributed by atoms with van der Waals surface area (Å²) in [5, 5.41) is 23.7. The number of anilines is 1. The summed E-state index contributed by atoms with van der Waals surface area (Å²) in [5.74, 6) is 0.883. The van der Waals surface area contributed by atoms with Gasteiger partial charge in [0.15, 0.2) is 11.9 Å². The second-order valence-corrected chi connectivity index (χ2v) is 9.89. The average Bonchev–Trinajstić information content (AvgIpc) is 3.62. The summed E-state index contributed by atoms with van der Waals surface area (Å²) in [4.78, 5) is 7.46. The molecule has 6 rings (SSSR count). The molecule has 196 valence electrons. The van der Waals surface area contributed by atoms with E-state index < -0.39 is 0 Å². The number of nitrogens with zero attached hydrogens (tertiary/aromatic N) is 8. The topological polar surface area (TPSA) is 108 Å². The molecule has 2 fully saturated rings. The van der Waals surface area contributed by atoms with Gasteiger partial charge >= 0.3 is 0 Å². The highest BCUT2D eigenvalue weighted by Crippen LogP contribution is 2.35. The summed E-state index contributed by atoms with van der Waals surface area (Å²) < 4.78 is 17.5. The summed E-state index contributed by atoms with van der Waals surface area (Å²) in [6.07, 6.45) is 6.74. The van der Waals surface area contributed by atoms with Gasteiger partial charge in [-0.05, 0) is 46.1 Å². The zero-order valence-electron chi connectivity index (χ0n) is 21.7. The van der Waals surface area contributed by atoms with Crippen LogP contribution in [0.15, 0.2) is 24.5 Å². The molecule has 6 heterocycles. The minimum Gasteiger partial charge on any atom is -0.394 e. The van der Waals surface area contributed by atoms with Gasteiger partial charge in [0.25, 0.3) is 0 Å². The van der Waals surface area contributed by atoms with Gasteiger partial charge in [0, 0.05) is 36.7 Å². The number of aromatic nitrogens is 7. The van der Waals surface area contributed by atoms with E-state index in [-0.39, 0.29) is 18.9 Å². The molecular weight excluding hydrogens is 472 g/mol. The van der Waals surface area contributed by atoms with E-state index in [0.29, 0.717) is 19.8 Å². The fourth-order valence-corrected chi connectivity index (χ4v) is 5.58. The zero-order valence-corrected chi connectivity index (χ0v) is 21.7. The first-order valence-electron chi connectivity index (χ1n) is 13.1. The Labute approximate surface area is 215 Å². The van der Waals surface area contributed by atoms with Crippen LogP contribution in [0.25, 0.3) is 28.2 Å². The molecule has 1 unspecified atom stereocenters. The van der Waals surface area contributed by atoms with Gasteiger partial charge in [-0.3, -0.25) is 4.68 Å². The maximum Gasteiger partial charge on any atom is 0.167 e. The number of ether oxygens (including phenoxy) is 2. The van der Waals surface area contributed by atoms with E-state index >= 15 is 0 Å². The summed E-state index contributed by atoms with van der Waals surface area (Å²) in [7, 11) is 0. The van der Waals surface area contributed by atoms with Crippen molar-refractivity contribution in [2.75, 3.05) is 37.9 Å². The van der Waals surface area contributed by atoms with Crippen LogP contribution in [-0.4, -0.2) is 78.3 Å². The average molecular weight is 507 g/mol. The summed E-state index contributed by atoms with van der Waals surface area (Å²) >= 11 is 0. The van der Waals surface area contributed by atoms with Gasteiger partial charge in [0.1, 0.15) is 5.82 Å². The van der Waals surface area contributed by atoms with Crippen LogP contribution in [0.5, 0.6) is 0 Å². The number of fused-ring (bicyclic) bond motifs is 1. The minimum atomic E-state index is -0.0863.